The summed E-state index contributed by atoms with van der Waals surface area (Å²) in [6.45, 7) is 4.22. The Morgan fingerprint density at radius 3 is 2.67 bits per heavy atom. The van der Waals surface area contributed by atoms with Gasteiger partial charge in [-0.3, -0.25) is 4.72 Å². The van der Waals surface area contributed by atoms with E-state index in [2.05, 4.69) is 14.3 Å². The van der Waals surface area contributed by atoms with Gasteiger partial charge in [0.1, 0.15) is 0 Å². The molecule has 1 saturated heterocycles. The number of nitrogens with zero attached hydrogens (tertiary/aromatic N) is 1. The van der Waals surface area contributed by atoms with Crippen molar-refractivity contribution in [2.24, 2.45) is 0 Å². The monoisotopic (exact) mass is 269 g/mol. The summed E-state index contributed by atoms with van der Waals surface area (Å²) in [5, 5.41) is 0. The van der Waals surface area contributed by atoms with E-state index in [4.69, 9.17) is 0 Å². The van der Waals surface area contributed by atoms with Crippen molar-refractivity contribution in [1.29, 1.82) is 0 Å². The molecule has 0 aromatic heterocycles. The van der Waals surface area contributed by atoms with Gasteiger partial charge in [0.25, 0.3) is 10.2 Å². The van der Waals surface area contributed by atoms with Crippen LogP contribution in [0.25, 0.3) is 0 Å². The van der Waals surface area contributed by atoms with E-state index in [1.54, 1.807) is 13.0 Å². The second-order valence-corrected chi connectivity index (χ2v) is 5.85. The van der Waals surface area contributed by atoms with Gasteiger partial charge in [0.05, 0.1) is 5.69 Å². The first-order valence-corrected chi connectivity index (χ1v) is 7.71. The van der Waals surface area contributed by atoms with Crippen LogP contribution < -0.4 is 14.3 Å². The van der Waals surface area contributed by atoms with Crippen LogP contribution in [0, 0.1) is 0 Å². The summed E-state index contributed by atoms with van der Waals surface area (Å²) >= 11 is 0. The van der Waals surface area contributed by atoms with Gasteiger partial charge in [-0.05, 0) is 31.0 Å². The Bertz CT molecular complexity index is 496. The zero-order chi connectivity index (χ0) is 13.0. The van der Waals surface area contributed by atoms with Crippen molar-refractivity contribution in [2.75, 3.05) is 29.3 Å². The maximum absolute atomic E-state index is 11.6. The summed E-state index contributed by atoms with van der Waals surface area (Å²) in [5.41, 5.74) is 1.67. The molecule has 0 bridgehead atoms. The molecule has 1 aliphatic heterocycles. The third kappa shape index (κ3) is 3.36. The third-order valence-electron chi connectivity index (χ3n) is 2.90. The molecule has 18 heavy (non-hydrogen) atoms. The maximum Gasteiger partial charge on any atom is 0.299 e. The van der Waals surface area contributed by atoms with Gasteiger partial charge in [0, 0.05) is 25.3 Å². The first-order valence-electron chi connectivity index (χ1n) is 6.23. The standard InChI is InChI=1S/C12H19N3O2S/c1-2-13-18(16,17)14-11-6-5-7-12(10-11)15-8-3-4-9-15/h5-7,10,13-14H,2-4,8-9H2,1H3. The Hall–Kier alpha value is -1.27. The molecule has 1 fully saturated rings. The fourth-order valence-electron chi connectivity index (χ4n) is 2.12. The predicted molar refractivity (Wildman–Crippen MR) is 74.1 cm³/mol. The van der Waals surface area contributed by atoms with Crippen molar-refractivity contribution in [3.8, 4) is 0 Å². The molecule has 0 saturated carbocycles. The van der Waals surface area contributed by atoms with Gasteiger partial charge < -0.3 is 4.90 Å². The maximum atomic E-state index is 11.6. The van der Waals surface area contributed by atoms with Crippen molar-refractivity contribution in [3.05, 3.63) is 24.3 Å². The van der Waals surface area contributed by atoms with Crippen LogP contribution in [0.3, 0.4) is 0 Å². The molecule has 6 heteroatoms. The highest BCUT2D eigenvalue weighted by Gasteiger charge is 2.13. The van der Waals surface area contributed by atoms with E-state index in [-0.39, 0.29) is 0 Å². The Labute approximate surface area is 108 Å². The number of rotatable bonds is 5. The molecular formula is C12H19N3O2S. The van der Waals surface area contributed by atoms with Gasteiger partial charge in [-0.25, -0.2) is 0 Å². The van der Waals surface area contributed by atoms with Crippen molar-refractivity contribution in [2.45, 2.75) is 19.8 Å². The van der Waals surface area contributed by atoms with Gasteiger partial charge in [-0.15, -0.1) is 0 Å². The third-order valence-corrected chi connectivity index (χ3v) is 4.08. The van der Waals surface area contributed by atoms with Crippen LogP contribution in [0.4, 0.5) is 11.4 Å². The highest BCUT2D eigenvalue weighted by atomic mass is 32.2. The van der Waals surface area contributed by atoms with Crippen molar-refractivity contribution in [3.63, 3.8) is 0 Å². The van der Waals surface area contributed by atoms with Crippen LogP contribution in [0.2, 0.25) is 0 Å². The summed E-state index contributed by atoms with van der Waals surface area (Å²) in [6.07, 6.45) is 2.40. The average molecular weight is 269 g/mol. The Balaban J connectivity index is 2.12. The van der Waals surface area contributed by atoms with Gasteiger partial charge >= 0.3 is 0 Å². The predicted octanol–water partition coefficient (Wildman–Crippen LogP) is 1.55. The Kier molecular flexibility index (Phi) is 4.08. The van der Waals surface area contributed by atoms with Crippen molar-refractivity contribution in [1.82, 2.24) is 4.72 Å². The first-order chi connectivity index (χ1) is 8.61. The summed E-state index contributed by atoms with van der Waals surface area (Å²) in [5.74, 6) is 0. The summed E-state index contributed by atoms with van der Waals surface area (Å²) in [7, 11) is -3.44. The van der Waals surface area contributed by atoms with E-state index < -0.39 is 10.2 Å². The van der Waals surface area contributed by atoms with Crippen LogP contribution in [0.1, 0.15) is 19.8 Å². The summed E-state index contributed by atoms with van der Waals surface area (Å²) in [6, 6.07) is 7.52. The lowest BCUT2D eigenvalue weighted by Gasteiger charge is -2.18. The molecule has 0 unspecified atom stereocenters. The summed E-state index contributed by atoms with van der Waals surface area (Å²) < 4.78 is 28.1. The minimum absolute atomic E-state index is 0.376. The number of benzene rings is 1. The second-order valence-electron chi connectivity index (χ2n) is 4.35. The lowest BCUT2D eigenvalue weighted by atomic mass is 10.2. The molecule has 5 nitrogen and oxygen atoms in total. The molecule has 2 N–H and O–H groups in total. The van der Waals surface area contributed by atoms with Crippen LogP contribution in [-0.2, 0) is 10.2 Å². The molecule has 0 aliphatic carbocycles. The molecule has 1 aliphatic rings. The van der Waals surface area contributed by atoms with E-state index in [0.29, 0.717) is 12.2 Å². The van der Waals surface area contributed by atoms with E-state index >= 15 is 0 Å². The Morgan fingerprint density at radius 1 is 1.28 bits per heavy atom. The number of nitrogens with one attached hydrogen (secondary N) is 2. The minimum atomic E-state index is -3.44. The number of hydrogen-bond donors (Lipinski definition) is 2. The van der Waals surface area contributed by atoms with Crippen molar-refractivity contribution < 1.29 is 8.42 Å². The van der Waals surface area contributed by atoms with E-state index in [1.807, 2.05) is 18.2 Å². The van der Waals surface area contributed by atoms with Gasteiger partial charge in [-0.1, -0.05) is 13.0 Å². The molecular weight excluding hydrogens is 250 g/mol. The highest BCUT2D eigenvalue weighted by molar-refractivity contribution is 7.90. The average Bonchev–Trinajstić information content (AvgIpc) is 2.81. The Morgan fingerprint density at radius 2 is 2.00 bits per heavy atom. The number of anilines is 2. The fourth-order valence-corrected chi connectivity index (χ4v) is 3.01. The van der Waals surface area contributed by atoms with Crippen LogP contribution in [0.5, 0.6) is 0 Å². The first kappa shape index (κ1) is 13.2. The smallest absolute Gasteiger partial charge is 0.299 e. The van der Waals surface area contributed by atoms with Crippen LogP contribution in [-0.4, -0.2) is 28.1 Å². The topological polar surface area (TPSA) is 61.4 Å². The zero-order valence-corrected chi connectivity index (χ0v) is 11.3. The fraction of sp³-hybridized carbons (Fsp3) is 0.500. The van der Waals surface area contributed by atoms with Crippen LogP contribution in [0.15, 0.2) is 24.3 Å². The zero-order valence-electron chi connectivity index (χ0n) is 10.5. The molecule has 0 spiro atoms. The van der Waals surface area contributed by atoms with Gasteiger partial charge in [-0.2, -0.15) is 13.1 Å². The lowest BCUT2D eigenvalue weighted by molar-refractivity contribution is 0.589. The molecule has 0 atom stereocenters. The van der Waals surface area contributed by atoms with Gasteiger partial charge in [0.15, 0.2) is 0 Å². The molecule has 1 heterocycles. The van der Waals surface area contributed by atoms with Crippen LogP contribution >= 0.6 is 0 Å². The molecule has 2 rings (SSSR count). The minimum Gasteiger partial charge on any atom is -0.371 e. The van der Waals surface area contributed by atoms with Gasteiger partial charge in [0.2, 0.25) is 0 Å². The van der Waals surface area contributed by atoms with Crippen molar-refractivity contribution >= 4 is 21.6 Å². The molecule has 1 aromatic carbocycles. The molecule has 100 valence electrons. The largest absolute Gasteiger partial charge is 0.371 e. The molecule has 0 radical (unpaired) electrons. The SMILES string of the molecule is CCNS(=O)(=O)Nc1cccc(N2CCCC2)c1. The van der Waals surface area contributed by atoms with E-state index in [0.717, 1.165) is 18.8 Å². The van der Waals surface area contributed by atoms with E-state index in [1.165, 1.54) is 12.8 Å². The quantitative estimate of drug-likeness (QED) is 0.852. The lowest BCUT2D eigenvalue weighted by Crippen LogP contribution is -2.29. The summed E-state index contributed by atoms with van der Waals surface area (Å²) in [4.78, 5) is 2.27. The van der Waals surface area contributed by atoms with E-state index in [9.17, 15) is 8.42 Å². The highest BCUT2D eigenvalue weighted by Crippen LogP contribution is 2.23. The normalized spacial score (nSPS) is 15.9. The second kappa shape index (κ2) is 5.58. The molecule has 1 aromatic rings. The number of hydrogen-bond acceptors (Lipinski definition) is 3. The molecule has 0 amide bonds.